The van der Waals surface area contributed by atoms with Crippen LogP contribution in [0, 0.1) is 0 Å². The third kappa shape index (κ3) is 9.85. The number of benzene rings is 1. The maximum Gasteiger partial charge on any atom is 1.00 e. The Kier molecular flexibility index (Phi) is 10.8. The van der Waals surface area contributed by atoms with Gasteiger partial charge in [-0.3, -0.25) is 0 Å². The maximum atomic E-state index is 10.2. The molecule has 0 aliphatic carbocycles. The van der Waals surface area contributed by atoms with Crippen LogP contribution in [-0.4, -0.2) is 24.4 Å². The molecule has 2 N–H and O–H groups in total. The Morgan fingerprint density at radius 3 is 1.86 bits per heavy atom. The van der Waals surface area contributed by atoms with Crippen molar-refractivity contribution in [3.05, 3.63) is 35.9 Å². The maximum absolute atomic E-state index is 10.2. The molecule has 5 nitrogen and oxygen atoms in total. The van der Waals surface area contributed by atoms with E-state index in [-0.39, 0.29) is 29.6 Å². The molecular formula is C7H7NaO5S. The molecule has 0 aliphatic rings. The second-order valence-corrected chi connectivity index (χ2v) is 2.32. The second kappa shape index (κ2) is 9.32. The van der Waals surface area contributed by atoms with Crippen LogP contribution in [0.2, 0.25) is 0 Å². The zero-order valence-electron chi connectivity index (χ0n) is 7.41. The van der Waals surface area contributed by atoms with Gasteiger partial charge in [0.1, 0.15) is 0 Å². The summed E-state index contributed by atoms with van der Waals surface area (Å²) in [6, 6.07) is 8.30. The molecule has 14 heavy (non-hydrogen) atoms. The van der Waals surface area contributed by atoms with E-state index in [0.29, 0.717) is 5.56 Å². The Morgan fingerprint density at radius 1 is 1.29 bits per heavy atom. The molecule has 0 saturated heterocycles. The van der Waals surface area contributed by atoms with Crippen LogP contribution in [0.5, 0.6) is 0 Å². The number of carboxylic acid groups (broad SMARTS) is 1. The number of carboxylic acids is 1. The van der Waals surface area contributed by atoms with Gasteiger partial charge < -0.3 is 14.2 Å². The van der Waals surface area contributed by atoms with Gasteiger partial charge in [0.05, 0.1) is 16.9 Å². The molecule has 1 aromatic carbocycles. The predicted molar refractivity (Wildman–Crippen MR) is 44.9 cm³/mol. The first-order valence-corrected chi connectivity index (χ1v) is 4.14. The molecule has 0 spiro atoms. The van der Waals surface area contributed by atoms with Crippen molar-refractivity contribution < 1.29 is 52.8 Å². The summed E-state index contributed by atoms with van der Waals surface area (Å²) in [7, 11) is 0. The van der Waals surface area contributed by atoms with E-state index in [1.807, 2.05) is 0 Å². The fraction of sp³-hybridized carbons (Fsp3) is 0. The smallest absolute Gasteiger partial charge is 0.750 e. The molecule has 1 unspecified atom stereocenters. The van der Waals surface area contributed by atoms with Crippen molar-refractivity contribution in [3.8, 4) is 0 Å². The average molecular weight is 226 g/mol. The van der Waals surface area contributed by atoms with Gasteiger partial charge in [-0.2, -0.15) is 0 Å². The molecule has 72 valence electrons. The molecule has 0 heterocycles. The predicted octanol–water partition coefficient (Wildman–Crippen LogP) is -2.27. The van der Waals surface area contributed by atoms with Crippen molar-refractivity contribution in [1.29, 1.82) is 0 Å². The molecule has 0 amide bonds. The summed E-state index contributed by atoms with van der Waals surface area (Å²) in [6.07, 6.45) is 0. The van der Waals surface area contributed by atoms with E-state index >= 15 is 0 Å². The first-order chi connectivity index (χ1) is 6.04. The van der Waals surface area contributed by atoms with Crippen LogP contribution in [0.3, 0.4) is 0 Å². The van der Waals surface area contributed by atoms with Gasteiger partial charge in [0.15, 0.2) is 0 Å². The number of hydrogen-bond donors (Lipinski definition) is 2. The minimum Gasteiger partial charge on any atom is -0.750 e. The van der Waals surface area contributed by atoms with Crippen LogP contribution in [0.25, 0.3) is 0 Å². The van der Waals surface area contributed by atoms with E-state index in [1.165, 1.54) is 0 Å². The van der Waals surface area contributed by atoms with Gasteiger partial charge in [-0.05, 0) is 12.1 Å². The largest absolute Gasteiger partial charge is 1.00 e. The van der Waals surface area contributed by atoms with E-state index in [4.69, 9.17) is 18.4 Å². The van der Waals surface area contributed by atoms with Crippen molar-refractivity contribution in [1.82, 2.24) is 0 Å². The molecule has 0 aromatic heterocycles. The topological polar surface area (TPSA) is 97.7 Å². The number of carbonyl (C=O) groups is 1. The van der Waals surface area contributed by atoms with Crippen LogP contribution in [0.15, 0.2) is 30.3 Å². The van der Waals surface area contributed by atoms with Crippen LogP contribution >= 0.6 is 0 Å². The third-order valence-corrected chi connectivity index (χ3v) is 1.02. The quantitative estimate of drug-likeness (QED) is 0.415. The molecule has 1 rings (SSSR count). The van der Waals surface area contributed by atoms with Gasteiger partial charge in [0.2, 0.25) is 0 Å². The van der Waals surface area contributed by atoms with Gasteiger partial charge in [-0.15, -0.1) is 0 Å². The zero-order chi connectivity index (χ0) is 10.3. The van der Waals surface area contributed by atoms with Crippen LogP contribution in [-0.2, 0) is 11.4 Å². The molecule has 7 heteroatoms. The number of hydrogen-bond acceptors (Lipinski definition) is 3. The molecule has 0 radical (unpaired) electrons. The Labute approximate surface area is 106 Å². The van der Waals surface area contributed by atoms with E-state index in [9.17, 15) is 4.79 Å². The summed E-state index contributed by atoms with van der Waals surface area (Å²) in [5.41, 5.74) is 0.331. The Morgan fingerprint density at radius 2 is 1.64 bits per heavy atom. The van der Waals surface area contributed by atoms with E-state index in [1.54, 1.807) is 30.3 Å². The monoisotopic (exact) mass is 226 g/mol. The Hall–Kier alpha value is -0.240. The first-order valence-electron chi connectivity index (χ1n) is 3.10. The van der Waals surface area contributed by atoms with Crippen molar-refractivity contribution in [2.75, 3.05) is 0 Å². The van der Waals surface area contributed by atoms with Crippen molar-refractivity contribution in [3.63, 3.8) is 0 Å². The summed E-state index contributed by atoms with van der Waals surface area (Å²) < 4.78 is 24.1. The van der Waals surface area contributed by atoms with E-state index in [0.717, 1.165) is 0 Å². The Balaban J connectivity index is 0. The van der Waals surface area contributed by atoms with Gasteiger partial charge in [-0.25, -0.2) is 9.00 Å². The summed E-state index contributed by atoms with van der Waals surface area (Å²) in [6.45, 7) is 0. The van der Waals surface area contributed by atoms with Gasteiger partial charge >= 0.3 is 35.5 Å². The van der Waals surface area contributed by atoms with Gasteiger partial charge in [-0.1, -0.05) is 18.2 Å². The second-order valence-electron chi connectivity index (χ2n) is 1.89. The van der Waals surface area contributed by atoms with Crippen LogP contribution in [0.1, 0.15) is 10.4 Å². The zero-order valence-corrected chi connectivity index (χ0v) is 10.2. The average Bonchev–Trinajstić information content (AvgIpc) is 2.05. The van der Waals surface area contributed by atoms with E-state index in [2.05, 4.69) is 0 Å². The van der Waals surface area contributed by atoms with E-state index < -0.39 is 17.3 Å². The normalized spacial score (nSPS) is 10.1. The molecule has 1 aromatic rings. The van der Waals surface area contributed by atoms with Crippen LogP contribution < -0.4 is 29.6 Å². The SMILES string of the molecule is O=C(O)c1ccccc1.O=S([O-])O.[Na+]. The minimum atomic E-state index is -2.86. The van der Waals surface area contributed by atoms with Gasteiger partial charge in [0, 0.05) is 0 Å². The molecule has 0 saturated carbocycles. The van der Waals surface area contributed by atoms with Crippen molar-refractivity contribution >= 4 is 17.3 Å². The summed E-state index contributed by atoms with van der Waals surface area (Å²) >= 11 is -2.86. The standard InChI is InChI=1S/C7H6O2.Na.H2O3S/c8-7(9)6-4-2-1-3-5-6;;1-4(2)3/h1-5H,(H,8,9);;(H2,1,2,3)/q;+1;/p-1. The Bertz CT molecular complexity index is 285. The van der Waals surface area contributed by atoms with Crippen molar-refractivity contribution in [2.24, 2.45) is 0 Å². The number of aromatic carboxylic acids is 1. The van der Waals surface area contributed by atoms with Crippen molar-refractivity contribution in [2.45, 2.75) is 0 Å². The van der Waals surface area contributed by atoms with Gasteiger partial charge in [0.25, 0.3) is 0 Å². The molecule has 1 atom stereocenters. The molecule has 0 aliphatic heterocycles. The minimum absolute atomic E-state index is 0. The van der Waals surface area contributed by atoms with Crippen LogP contribution in [0.4, 0.5) is 0 Å². The molecule has 0 fully saturated rings. The molecular weight excluding hydrogens is 219 g/mol. The summed E-state index contributed by atoms with van der Waals surface area (Å²) in [4.78, 5) is 10.2. The number of rotatable bonds is 1. The third-order valence-electron chi connectivity index (χ3n) is 1.02. The fourth-order valence-electron chi connectivity index (χ4n) is 0.581. The summed E-state index contributed by atoms with van der Waals surface area (Å²) in [5, 5.41) is 8.38. The first kappa shape index (κ1) is 16.2. The fourth-order valence-corrected chi connectivity index (χ4v) is 0.581. The summed E-state index contributed by atoms with van der Waals surface area (Å²) in [5.74, 6) is -0.879. The molecule has 0 bridgehead atoms.